The van der Waals surface area contributed by atoms with E-state index in [2.05, 4.69) is 41.7 Å². The van der Waals surface area contributed by atoms with Crippen LogP contribution in [0.5, 0.6) is 0 Å². The first-order chi connectivity index (χ1) is 10.8. The molecule has 0 aliphatic carbocycles. The van der Waals surface area contributed by atoms with Gasteiger partial charge in [-0.25, -0.2) is 4.79 Å². The van der Waals surface area contributed by atoms with Crippen molar-refractivity contribution in [1.82, 2.24) is 10.2 Å². The molecule has 1 aliphatic heterocycles. The van der Waals surface area contributed by atoms with Crippen LogP contribution in [0.2, 0.25) is 0 Å². The topological polar surface area (TPSA) is 32.3 Å². The Morgan fingerprint density at radius 1 is 0.909 bits per heavy atom. The van der Waals surface area contributed by atoms with E-state index in [4.69, 9.17) is 0 Å². The highest BCUT2D eigenvalue weighted by Crippen LogP contribution is 2.21. The number of fused-ring (bicyclic) bond motifs is 1. The smallest absolute Gasteiger partial charge is 0.318 e. The van der Waals surface area contributed by atoms with Crippen molar-refractivity contribution < 1.29 is 4.79 Å². The first-order valence-corrected chi connectivity index (χ1v) is 7.96. The normalized spacial score (nSPS) is 13.0. The van der Waals surface area contributed by atoms with Gasteiger partial charge in [0, 0.05) is 19.6 Å². The van der Waals surface area contributed by atoms with Gasteiger partial charge in [0.2, 0.25) is 0 Å². The summed E-state index contributed by atoms with van der Waals surface area (Å²) in [5, 5.41) is 3.03. The minimum absolute atomic E-state index is 0.0518. The average molecular weight is 294 g/mol. The summed E-state index contributed by atoms with van der Waals surface area (Å²) in [5.74, 6) is 0. The number of hydrogen-bond donors (Lipinski definition) is 1. The lowest BCUT2D eigenvalue weighted by Gasteiger charge is -2.16. The Labute approximate surface area is 132 Å². The van der Waals surface area contributed by atoms with Gasteiger partial charge in [-0.1, -0.05) is 54.6 Å². The molecule has 0 saturated carbocycles. The van der Waals surface area contributed by atoms with Crippen LogP contribution < -0.4 is 5.32 Å². The molecule has 2 aromatic carbocycles. The highest BCUT2D eigenvalue weighted by atomic mass is 16.2. The van der Waals surface area contributed by atoms with Crippen molar-refractivity contribution in [2.24, 2.45) is 0 Å². The van der Waals surface area contributed by atoms with E-state index in [9.17, 15) is 4.79 Å². The lowest BCUT2D eigenvalue weighted by atomic mass is 10.1. The number of nitrogens with zero attached hydrogens (tertiary/aromatic N) is 1. The Balaban J connectivity index is 1.35. The van der Waals surface area contributed by atoms with Crippen LogP contribution in [0.25, 0.3) is 0 Å². The van der Waals surface area contributed by atoms with Crippen molar-refractivity contribution in [2.45, 2.75) is 32.4 Å². The number of benzene rings is 2. The molecule has 2 aromatic rings. The van der Waals surface area contributed by atoms with Gasteiger partial charge in [0.15, 0.2) is 0 Å². The van der Waals surface area contributed by atoms with E-state index in [1.807, 2.05) is 23.1 Å². The van der Waals surface area contributed by atoms with Crippen LogP contribution in [0.4, 0.5) is 4.79 Å². The summed E-state index contributed by atoms with van der Waals surface area (Å²) in [5.41, 5.74) is 3.90. The van der Waals surface area contributed by atoms with Gasteiger partial charge < -0.3 is 10.2 Å². The molecule has 1 N–H and O–H groups in total. The van der Waals surface area contributed by atoms with Crippen molar-refractivity contribution in [3.63, 3.8) is 0 Å². The summed E-state index contributed by atoms with van der Waals surface area (Å²) >= 11 is 0. The maximum atomic E-state index is 12.2. The molecule has 2 amide bonds. The highest BCUT2D eigenvalue weighted by Gasteiger charge is 2.22. The van der Waals surface area contributed by atoms with E-state index in [-0.39, 0.29) is 6.03 Å². The van der Waals surface area contributed by atoms with Crippen LogP contribution in [0, 0.1) is 0 Å². The number of amides is 2. The van der Waals surface area contributed by atoms with Gasteiger partial charge in [-0.3, -0.25) is 0 Å². The number of carbonyl (C=O) groups excluding carboxylic acids is 1. The zero-order chi connectivity index (χ0) is 15.2. The molecule has 1 heterocycles. The Kier molecular flexibility index (Phi) is 4.74. The van der Waals surface area contributed by atoms with E-state index in [0.717, 1.165) is 38.9 Å². The number of hydrogen-bond acceptors (Lipinski definition) is 1. The predicted octanol–water partition coefficient (Wildman–Crippen LogP) is 3.73. The molecule has 0 radical (unpaired) electrons. The summed E-state index contributed by atoms with van der Waals surface area (Å²) in [7, 11) is 0. The standard InChI is InChI=1S/C19H22N2O/c22-19(21-14-17-11-4-5-12-18(17)15-21)20-13-7-6-10-16-8-2-1-3-9-16/h1-5,8-9,11-12H,6-7,10,13-15H2,(H,20,22). The molecule has 0 aromatic heterocycles. The fourth-order valence-electron chi connectivity index (χ4n) is 2.88. The van der Waals surface area contributed by atoms with Crippen molar-refractivity contribution in [1.29, 1.82) is 0 Å². The SMILES string of the molecule is O=C(NCCCCc1ccccc1)N1Cc2ccccc2C1. The van der Waals surface area contributed by atoms with E-state index < -0.39 is 0 Å². The van der Waals surface area contributed by atoms with E-state index in [1.54, 1.807) is 0 Å². The quantitative estimate of drug-likeness (QED) is 0.837. The second-order valence-corrected chi connectivity index (χ2v) is 5.80. The van der Waals surface area contributed by atoms with Crippen LogP contribution >= 0.6 is 0 Å². The minimum Gasteiger partial charge on any atom is -0.338 e. The van der Waals surface area contributed by atoms with Crippen molar-refractivity contribution >= 4 is 6.03 Å². The number of aryl methyl sites for hydroxylation is 1. The molecule has 0 unspecified atom stereocenters. The molecule has 3 rings (SSSR count). The van der Waals surface area contributed by atoms with Crippen LogP contribution in [0.3, 0.4) is 0 Å². The van der Waals surface area contributed by atoms with E-state index in [0.29, 0.717) is 0 Å². The lowest BCUT2D eigenvalue weighted by molar-refractivity contribution is 0.198. The van der Waals surface area contributed by atoms with Gasteiger partial charge in [0.25, 0.3) is 0 Å². The molecular weight excluding hydrogens is 272 g/mol. The fourth-order valence-corrected chi connectivity index (χ4v) is 2.88. The number of unbranched alkanes of at least 4 members (excludes halogenated alkanes) is 1. The predicted molar refractivity (Wildman–Crippen MR) is 88.5 cm³/mol. The van der Waals surface area contributed by atoms with Gasteiger partial charge in [0.1, 0.15) is 0 Å². The molecule has 3 nitrogen and oxygen atoms in total. The van der Waals surface area contributed by atoms with Gasteiger partial charge in [-0.2, -0.15) is 0 Å². The zero-order valence-corrected chi connectivity index (χ0v) is 12.8. The Morgan fingerprint density at radius 3 is 2.23 bits per heavy atom. The number of nitrogens with one attached hydrogen (secondary N) is 1. The van der Waals surface area contributed by atoms with Crippen LogP contribution in [-0.4, -0.2) is 17.5 Å². The number of rotatable bonds is 5. The summed E-state index contributed by atoms with van der Waals surface area (Å²) < 4.78 is 0. The zero-order valence-electron chi connectivity index (χ0n) is 12.8. The van der Waals surface area contributed by atoms with Gasteiger partial charge in [-0.15, -0.1) is 0 Å². The molecule has 0 saturated heterocycles. The van der Waals surface area contributed by atoms with Crippen LogP contribution in [-0.2, 0) is 19.5 Å². The number of carbonyl (C=O) groups is 1. The Bertz CT molecular complexity index is 599. The van der Waals surface area contributed by atoms with Crippen LogP contribution in [0.1, 0.15) is 29.5 Å². The van der Waals surface area contributed by atoms with E-state index in [1.165, 1.54) is 16.7 Å². The summed E-state index contributed by atoms with van der Waals surface area (Å²) in [6, 6.07) is 18.8. The molecule has 0 bridgehead atoms. The molecular formula is C19H22N2O. The highest BCUT2D eigenvalue weighted by molar-refractivity contribution is 5.75. The first-order valence-electron chi connectivity index (χ1n) is 7.96. The van der Waals surface area contributed by atoms with E-state index >= 15 is 0 Å². The third kappa shape index (κ3) is 3.67. The molecule has 114 valence electrons. The van der Waals surface area contributed by atoms with Crippen molar-refractivity contribution in [2.75, 3.05) is 6.54 Å². The summed E-state index contributed by atoms with van der Waals surface area (Å²) in [4.78, 5) is 14.0. The lowest BCUT2D eigenvalue weighted by Crippen LogP contribution is -2.36. The maximum Gasteiger partial charge on any atom is 0.318 e. The second kappa shape index (κ2) is 7.12. The monoisotopic (exact) mass is 294 g/mol. The molecule has 0 spiro atoms. The largest absolute Gasteiger partial charge is 0.338 e. The fraction of sp³-hybridized carbons (Fsp3) is 0.316. The maximum absolute atomic E-state index is 12.2. The first kappa shape index (κ1) is 14.6. The summed E-state index contributed by atoms with van der Waals surface area (Å²) in [6.45, 7) is 2.20. The minimum atomic E-state index is 0.0518. The molecule has 3 heteroatoms. The van der Waals surface area contributed by atoms with Gasteiger partial charge in [0.05, 0.1) is 0 Å². The molecule has 1 aliphatic rings. The molecule has 0 atom stereocenters. The van der Waals surface area contributed by atoms with Crippen LogP contribution in [0.15, 0.2) is 54.6 Å². The molecule has 0 fully saturated rings. The average Bonchev–Trinajstić information content (AvgIpc) is 2.99. The molecule has 22 heavy (non-hydrogen) atoms. The Hall–Kier alpha value is -2.29. The van der Waals surface area contributed by atoms with Crippen molar-refractivity contribution in [3.05, 3.63) is 71.3 Å². The second-order valence-electron chi connectivity index (χ2n) is 5.80. The third-order valence-electron chi connectivity index (χ3n) is 4.14. The van der Waals surface area contributed by atoms with Gasteiger partial charge in [-0.05, 0) is 36.0 Å². The Morgan fingerprint density at radius 2 is 1.55 bits per heavy atom. The van der Waals surface area contributed by atoms with Gasteiger partial charge >= 0.3 is 6.03 Å². The van der Waals surface area contributed by atoms with Crippen molar-refractivity contribution in [3.8, 4) is 0 Å². The summed E-state index contributed by atoms with van der Waals surface area (Å²) in [6.07, 6.45) is 3.19. The number of urea groups is 1. The third-order valence-corrected chi connectivity index (χ3v) is 4.14.